The zero-order valence-electron chi connectivity index (χ0n) is 10.1. The molecule has 5 nitrogen and oxygen atoms in total. The van der Waals surface area contributed by atoms with Crippen LogP contribution in [0.15, 0.2) is 22.6 Å². The number of rotatable bonds is 5. The second-order valence-corrected chi connectivity index (χ2v) is 4.11. The maximum atomic E-state index is 5.61. The minimum Gasteiger partial charge on any atom is -0.492 e. The Morgan fingerprint density at radius 1 is 1.41 bits per heavy atom. The van der Waals surface area contributed by atoms with E-state index in [1.807, 2.05) is 37.2 Å². The van der Waals surface area contributed by atoms with Crippen LogP contribution in [0.4, 0.5) is 0 Å². The predicted octanol–water partition coefficient (Wildman–Crippen LogP) is 1.23. The summed E-state index contributed by atoms with van der Waals surface area (Å²) in [4.78, 5) is 6.41. The van der Waals surface area contributed by atoms with Crippen molar-refractivity contribution in [3.63, 3.8) is 0 Å². The van der Waals surface area contributed by atoms with Gasteiger partial charge in [-0.2, -0.15) is 0 Å². The molecule has 1 aromatic heterocycles. The normalized spacial score (nSPS) is 11.3. The van der Waals surface area contributed by atoms with Gasteiger partial charge in [-0.15, -0.1) is 0 Å². The number of fused-ring (bicyclic) bond motifs is 1. The van der Waals surface area contributed by atoms with E-state index < -0.39 is 0 Å². The zero-order valence-corrected chi connectivity index (χ0v) is 10.1. The van der Waals surface area contributed by atoms with Gasteiger partial charge in [0.1, 0.15) is 17.9 Å². The van der Waals surface area contributed by atoms with Crippen molar-refractivity contribution in [3.8, 4) is 5.75 Å². The van der Waals surface area contributed by atoms with Crippen molar-refractivity contribution in [1.82, 2.24) is 9.88 Å². The topological polar surface area (TPSA) is 64.5 Å². The fraction of sp³-hybridized carbons (Fsp3) is 0.417. The summed E-state index contributed by atoms with van der Waals surface area (Å²) in [6, 6.07) is 5.60. The van der Waals surface area contributed by atoms with Crippen LogP contribution >= 0.6 is 0 Å². The van der Waals surface area contributed by atoms with Crippen LogP contribution in [-0.4, -0.2) is 37.1 Å². The van der Waals surface area contributed by atoms with Gasteiger partial charge >= 0.3 is 0 Å². The molecule has 2 rings (SSSR count). The molecule has 92 valence electrons. The van der Waals surface area contributed by atoms with E-state index in [0.717, 1.165) is 16.8 Å². The largest absolute Gasteiger partial charge is 0.492 e. The molecule has 0 amide bonds. The van der Waals surface area contributed by atoms with Crippen LogP contribution < -0.4 is 10.5 Å². The average molecular weight is 235 g/mol. The number of oxazole rings is 1. The van der Waals surface area contributed by atoms with Crippen molar-refractivity contribution in [2.45, 2.75) is 6.54 Å². The van der Waals surface area contributed by atoms with Crippen LogP contribution in [0.1, 0.15) is 5.89 Å². The molecule has 1 heterocycles. The third-order valence-corrected chi connectivity index (χ3v) is 2.24. The van der Waals surface area contributed by atoms with Crippen molar-refractivity contribution in [2.75, 3.05) is 27.2 Å². The summed E-state index contributed by atoms with van der Waals surface area (Å²) in [6.45, 7) is 1.70. The standard InChI is InChI=1S/C12H17N3O2/c1-15(2)8-12-14-10-7-9(16-6-5-13)3-4-11(10)17-12/h3-4,7H,5-6,8,13H2,1-2H3. The molecule has 0 saturated carbocycles. The smallest absolute Gasteiger partial charge is 0.209 e. The number of aromatic nitrogens is 1. The minimum absolute atomic E-state index is 0.503. The lowest BCUT2D eigenvalue weighted by Crippen LogP contribution is -2.10. The first kappa shape index (κ1) is 11.9. The van der Waals surface area contributed by atoms with Gasteiger partial charge in [-0.25, -0.2) is 4.98 Å². The average Bonchev–Trinajstić information content (AvgIpc) is 2.66. The van der Waals surface area contributed by atoms with Gasteiger partial charge in [0.05, 0.1) is 6.54 Å². The summed E-state index contributed by atoms with van der Waals surface area (Å²) >= 11 is 0. The first-order valence-electron chi connectivity index (χ1n) is 5.56. The van der Waals surface area contributed by atoms with Gasteiger partial charge in [0.25, 0.3) is 0 Å². The number of hydrogen-bond donors (Lipinski definition) is 1. The minimum atomic E-state index is 0.503. The van der Waals surface area contributed by atoms with Crippen LogP contribution in [0, 0.1) is 0 Å². The molecule has 0 radical (unpaired) electrons. The van der Waals surface area contributed by atoms with E-state index >= 15 is 0 Å². The Labute approximate surface area is 100 Å². The number of ether oxygens (including phenoxy) is 1. The number of nitrogens with zero attached hydrogens (tertiary/aromatic N) is 2. The quantitative estimate of drug-likeness (QED) is 0.844. The molecule has 17 heavy (non-hydrogen) atoms. The molecule has 0 fully saturated rings. The van der Waals surface area contributed by atoms with Gasteiger partial charge < -0.3 is 19.8 Å². The van der Waals surface area contributed by atoms with Gasteiger partial charge in [0.2, 0.25) is 5.89 Å². The fourth-order valence-corrected chi connectivity index (χ4v) is 1.56. The molecule has 2 N–H and O–H groups in total. The maximum Gasteiger partial charge on any atom is 0.209 e. The molecule has 0 bridgehead atoms. The number of nitrogens with two attached hydrogens (primary N) is 1. The van der Waals surface area contributed by atoms with E-state index in [1.54, 1.807) is 0 Å². The van der Waals surface area contributed by atoms with Crippen molar-refractivity contribution >= 4 is 11.1 Å². The Hall–Kier alpha value is -1.59. The molecule has 2 aromatic rings. The number of hydrogen-bond acceptors (Lipinski definition) is 5. The van der Waals surface area contributed by atoms with Crippen LogP contribution in [0.2, 0.25) is 0 Å². The van der Waals surface area contributed by atoms with E-state index in [0.29, 0.717) is 25.6 Å². The fourth-order valence-electron chi connectivity index (χ4n) is 1.56. The van der Waals surface area contributed by atoms with Gasteiger partial charge in [-0.05, 0) is 26.2 Å². The molecule has 0 saturated heterocycles. The van der Waals surface area contributed by atoms with Gasteiger partial charge in [-0.1, -0.05) is 0 Å². The Morgan fingerprint density at radius 3 is 2.94 bits per heavy atom. The lowest BCUT2D eigenvalue weighted by atomic mass is 10.3. The van der Waals surface area contributed by atoms with Gasteiger partial charge in [0.15, 0.2) is 5.58 Å². The molecule has 5 heteroatoms. The molecule has 0 aliphatic rings. The summed E-state index contributed by atoms with van der Waals surface area (Å²) in [6.07, 6.45) is 0. The second-order valence-electron chi connectivity index (χ2n) is 4.11. The highest BCUT2D eigenvalue weighted by Gasteiger charge is 2.07. The first-order chi connectivity index (χ1) is 8.19. The monoisotopic (exact) mass is 235 g/mol. The van der Waals surface area contributed by atoms with E-state index in [-0.39, 0.29) is 0 Å². The molecule has 0 aliphatic carbocycles. The predicted molar refractivity (Wildman–Crippen MR) is 65.9 cm³/mol. The summed E-state index contributed by atoms with van der Waals surface area (Å²) in [5.41, 5.74) is 6.98. The van der Waals surface area contributed by atoms with Crippen LogP contribution in [-0.2, 0) is 6.54 Å². The summed E-state index contributed by atoms with van der Waals surface area (Å²) in [5.74, 6) is 1.48. The van der Waals surface area contributed by atoms with Crippen LogP contribution in [0.3, 0.4) is 0 Å². The Bertz CT molecular complexity index is 493. The first-order valence-corrected chi connectivity index (χ1v) is 5.56. The zero-order chi connectivity index (χ0) is 12.3. The van der Waals surface area contributed by atoms with E-state index in [4.69, 9.17) is 14.9 Å². The van der Waals surface area contributed by atoms with E-state index in [2.05, 4.69) is 4.98 Å². The van der Waals surface area contributed by atoms with Crippen LogP contribution in [0.5, 0.6) is 5.75 Å². The lowest BCUT2D eigenvalue weighted by Gasteiger charge is -2.03. The van der Waals surface area contributed by atoms with Gasteiger partial charge in [-0.3, -0.25) is 0 Å². The van der Waals surface area contributed by atoms with E-state index in [1.165, 1.54) is 0 Å². The Balaban J connectivity index is 2.21. The summed E-state index contributed by atoms with van der Waals surface area (Å²) in [7, 11) is 3.95. The highest BCUT2D eigenvalue weighted by molar-refractivity contribution is 5.74. The molecular weight excluding hydrogens is 218 g/mol. The van der Waals surface area contributed by atoms with Gasteiger partial charge in [0, 0.05) is 12.6 Å². The Kier molecular flexibility index (Phi) is 3.61. The van der Waals surface area contributed by atoms with Crippen molar-refractivity contribution in [2.24, 2.45) is 5.73 Å². The molecule has 1 aromatic carbocycles. The Morgan fingerprint density at radius 2 is 2.24 bits per heavy atom. The molecule has 0 spiro atoms. The van der Waals surface area contributed by atoms with E-state index in [9.17, 15) is 0 Å². The molecule has 0 unspecified atom stereocenters. The third kappa shape index (κ3) is 2.95. The lowest BCUT2D eigenvalue weighted by molar-refractivity contribution is 0.328. The maximum absolute atomic E-state index is 5.61. The third-order valence-electron chi connectivity index (χ3n) is 2.24. The summed E-state index contributed by atoms with van der Waals surface area (Å²) in [5, 5.41) is 0. The molecule has 0 aliphatic heterocycles. The van der Waals surface area contributed by atoms with Crippen LogP contribution in [0.25, 0.3) is 11.1 Å². The highest BCUT2D eigenvalue weighted by Crippen LogP contribution is 2.21. The molecule has 0 atom stereocenters. The SMILES string of the molecule is CN(C)Cc1nc2cc(OCCN)ccc2o1. The summed E-state index contributed by atoms with van der Waals surface area (Å²) < 4.78 is 11.0. The second kappa shape index (κ2) is 5.16. The highest BCUT2D eigenvalue weighted by atomic mass is 16.5. The molecular formula is C12H17N3O2. The van der Waals surface area contributed by atoms with Crippen molar-refractivity contribution < 1.29 is 9.15 Å². The van der Waals surface area contributed by atoms with Crippen molar-refractivity contribution in [3.05, 3.63) is 24.1 Å². The number of benzene rings is 1. The van der Waals surface area contributed by atoms with Crippen molar-refractivity contribution in [1.29, 1.82) is 0 Å².